The molecule has 142 valence electrons. The molecule has 1 aliphatic carbocycles. The Morgan fingerprint density at radius 3 is 2.44 bits per heavy atom. The number of para-hydroxylation sites is 2. The Labute approximate surface area is 162 Å². The summed E-state index contributed by atoms with van der Waals surface area (Å²) >= 11 is 0. The smallest absolute Gasteiger partial charge is 0.225 e. The normalized spacial score (nSPS) is 22.8. The predicted molar refractivity (Wildman–Crippen MR) is 106 cm³/mol. The number of carbonyl (C=O) groups excluding carboxylic acids is 1. The van der Waals surface area contributed by atoms with Crippen molar-refractivity contribution in [2.45, 2.75) is 32.2 Å². The molecule has 1 aromatic rings. The minimum Gasteiger partial charge on any atom is -0.492 e. The lowest BCUT2D eigenvalue weighted by Gasteiger charge is -2.37. The van der Waals surface area contributed by atoms with Crippen LogP contribution in [0.3, 0.4) is 0 Å². The highest BCUT2D eigenvalue weighted by Gasteiger charge is 2.32. The first-order valence-electron chi connectivity index (χ1n) is 8.70. The summed E-state index contributed by atoms with van der Waals surface area (Å²) < 4.78 is 5.72. The lowest BCUT2D eigenvalue weighted by atomic mass is 10.1. The van der Waals surface area contributed by atoms with Gasteiger partial charge in [-0.25, -0.2) is 0 Å². The van der Waals surface area contributed by atoms with Gasteiger partial charge in [-0.15, -0.1) is 24.8 Å². The summed E-state index contributed by atoms with van der Waals surface area (Å²) in [6.45, 7) is 5.94. The zero-order valence-electron chi connectivity index (χ0n) is 14.7. The molecule has 1 heterocycles. The number of halogens is 2. The van der Waals surface area contributed by atoms with Gasteiger partial charge in [0.25, 0.3) is 0 Å². The first kappa shape index (κ1) is 21.9. The monoisotopic (exact) mass is 389 g/mol. The maximum Gasteiger partial charge on any atom is 0.225 e. The van der Waals surface area contributed by atoms with Crippen LogP contribution in [-0.4, -0.2) is 49.6 Å². The molecule has 3 rings (SSSR count). The average molecular weight is 390 g/mol. The molecule has 0 bridgehead atoms. The van der Waals surface area contributed by atoms with Gasteiger partial charge in [0.05, 0.1) is 12.3 Å². The van der Waals surface area contributed by atoms with Gasteiger partial charge in [-0.05, 0) is 38.3 Å². The maximum atomic E-state index is 12.6. The quantitative estimate of drug-likeness (QED) is 0.859. The van der Waals surface area contributed by atoms with E-state index in [-0.39, 0.29) is 36.8 Å². The van der Waals surface area contributed by atoms with Crippen LogP contribution in [0, 0.1) is 5.92 Å². The number of rotatable bonds is 4. The van der Waals surface area contributed by atoms with Crippen molar-refractivity contribution in [3.8, 4) is 5.75 Å². The molecule has 2 N–H and O–H groups in total. The van der Waals surface area contributed by atoms with Crippen molar-refractivity contribution in [1.82, 2.24) is 4.90 Å². The van der Waals surface area contributed by atoms with E-state index < -0.39 is 0 Å². The van der Waals surface area contributed by atoms with E-state index in [1.807, 2.05) is 30.0 Å². The number of hydrogen-bond acceptors (Lipinski definition) is 4. The Hall–Kier alpha value is -1.17. The third-order valence-electron chi connectivity index (χ3n) is 4.92. The topological polar surface area (TPSA) is 58.8 Å². The fraction of sp³-hybridized carbons (Fsp3) is 0.611. The fourth-order valence-corrected chi connectivity index (χ4v) is 3.66. The molecule has 0 radical (unpaired) electrons. The van der Waals surface area contributed by atoms with Crippen LogP contribution in [0.5, 0.6) is 5.75 Å². The second-order valence-corrected chi connectivity index (χ2v) is 6.48. The molecule has 1 saturated carbocycles. The van der Waals surface area contributed by atoms with Crippen LogP contribution in [0.15, 0.2) is 24.3 Å². The summed E-state index contributed by atoms with van der Waals surface area (Å²) in [5.41, 5.74) is 7.07. The Bertz CT molecular complexity index is 551. The van der Waals surface area contributed by atoms with E-state index >= 15 is 0 Å². The van der Waals surface area contributed by atoms with Gasteiger partial charge >= 0.3 is 0 Å². The van der Waals surface area contributed by atoms with E-state index in [1.165, 1.54) is 0 Å². The van der Waals surface area contributed by atoms with Crippen molar-refractivity contribution in [2.75, 3.05) is 37.7 Å². The van der Waals surface area contributed by atoms with Gasteiger partial charge in [-0.1, -0.05) is 12.1 Å². The van der Waals surface area contributed by atoms with Gasteiger partial charge < -0.3 is 20.3 Å². The van der Waals surface area contributed by atoms with Crippen molar-refractivity contribution in [1.29, 1.82) is 0 Å². The number of nitrogens with zero attached hydrogens (tertiary/aromatic N) is 2. The summed E-state index contributed by atoms with van der Waals surface area (Å²) in [5.74, 6) is 1.37. The van der Waals surface area contributed by atoms with Crippen LogP contribution in [0.25, 0.3) is 0 Å². The van der Waals surface area contributed by atoms with Gasteiger partial charge in [0, 0.05) is 38.1 Å². The molecule has 2 aliphatic rings. The summed E-state index contributed by atoms with van der Waals surface area (Å²) in [6.07, 6.45) is 2.79. The molecule has 1 saturated heterocycles. The highest BCUT2D eigenvalue weighted by Crippen LogP contribution is 2.30. The van der Waals surface area contributed by atoms with E-state index in [4.69, 9.17) is 10.5 Å². The first-order valence-corrected chi connectivity index (χ1v) is 8.70. The highest BCUT2D eigenvalue weighted by molar-refractivity contribution is 5.85. The van der Waals surface area contributed by atoms with E-state index in [0.29, 0.717) is 12.5 Å². The molecular weight excluding hydrogens is 361 g/mol. The Kier molecular flexibility index (Phi) is 8.83. The second-order valence-electron chi connectivity index (χ2n) is 6.48. The standard InChI is InChI=1S/C18H27N3O2.2ClH/c1-2-23-17-6-4-3-5-16(17)20-9-11-21(12-10-20)18(22)14-7-8-15(19)13-14;;/h3-6,14-15H,2,7-13,19H2,1H3;2*1H. The molecule has 2 fully saturated rings. The number of hydrogen-bond donors (Lipinski definition) is 1. The maximum absolute atomic E-state index is 12.6. The highest BCUT2D eigenvalue weighted by atomic mass is 35.5. The molecule has 1 amide bonds. The minimum absolute atomic E-state index is 0. The molecule has 25 heavy (non-hydrogen) atoms. The molecule has 2 unspecified atom stereocenters. The van der Waals surface area contributed by atoms with Gasteiger partial charge in [0.15, 0.2) is 0 Å². The largest absolute Gasteiger partial charge is 0.492 e. The molecule has 7 heteroatoms. The van der Waals surface area contributed by atoms with Crippen molar-refractivity contribution in [2.24, 2.45) is 11.7 Å². The van der Waals surface area contributed by atoms with Crippen LogP contribution in [-0.2, 0) is 4.79 Å². The lowest BCUT2D eigenvalue weighted by Crippen LogP contribution is -2.50. The van der Waals surface area contributed by atoms with Gasteiger partial charge in [-0.3, -0.25) is 4.79 Å². The molecule has 1 aromatic carbocycles. The molecule has 1 aliphatic heterocycles. The zero-order valence-corrected chi connectivity index (χ0v) is 16.4. The zero-order chi connectivity index (χ0) is 16.2. The molecule has 5 nitrogen and oxygen atoms in total. The van der Waals surface area contributed by atoms with Crippen molar-refractivity contribution in [3.63, 3.8) is 0 Å². The Balaban J connectivity index is 0.00000156. The summed E-state index contributed by atoms with van der Waals surface area (Å²) in [4.78, 5) is 16.9. The lowest BCUT2D eigenvalue weighted by molar-refractivity contribution is -0.135. The fourth-order valence-electron chi connectivity index (χ4n) is 3.66. The van der Waals surface area contributed by atoms with Crippen molar-refractivity contribution >= 4 is 36.4 Å². The summed E-state index contributed by atoms with van der Waals surface area (Å²) in [6, 6.07) is 8.35. The Morgan fingerprint density at radius 2 is 1.84 bits per heavy atom. The third-order valence-corrected chi connectivity index (χ3v) is 4.92. The van der Waals surface area contributed by atoms with E-state index in [1.54, 1.807) is 0 Å². The number of anilines is 1. The summed E-state index contributed by atoms with van der Waals surface area (Å²) in [5, 5.41) is 0. The second kappa shape index (κ2) is 10.1. The van der Waals surface area contributed by atoms with Gasteiger partial charge in [0.1, 0.15) is 5.75 Å². The van der Waals surface area contributed by atoms with Crippen molar-refractivity contribution in [3.05, 3.63) is 24.3 Å². The van der Waals surface area contributed by atoms with Crippen molar-refractivity contribution < 1.29 is 9.53 Å². The van der Waals surface area contributed by atoms with Crippen LogP contribution in [0.2, 0.25) is 0 Å². The molecule has 0 spiro atoms. The Morgan fingerprint density at radius 1 is 1.16 bits per heavy atom. The van der Waals surface area contributed by atoms with E-state index in [2.05, 4.69) is 11.0 Å². The van der Waals surface area contributed by atoms with Crippen LogP contribution in [0.4, 0.5) is 5.69 Å². The van der Waals surface area contributed by atoms with Gasteiger partial charge in [0.2, 0.25) is 5.91 Å². The van der Waals surface area contributed by atoms with Crippen LogP contribution in [0.1, 0.15) is 26.2 Å². The number of benzene rings is 1. The van der Waals surface area contributed by atoms with E-state index in [0.717, 1.165) is 56.9 Å². The van der Waals surface area contributed by atoms with Crippen LogP contribution < -0.4 is 15.4 Å². The third kappa shape index (κ3) is 5.16. The first-order chi connectivity index (χ1) is 11.2. The molecule has 2 atom stereocenters. The SMILES string of the molecule is CCOc1ccccc1N1CCN(C(=O)C2CCC(N)C2)CC1.Cl.Cl. The number of amides is 1. The van der Waals surface area contributed by atoms with Gasteiger partial charge in [-0.2, -0.15) is 0 Å². The minimum atomic E-state index is 0. The number of carbonyl (C=O) groups is 1. The molecule has 0 aromatic heterocycles. The average Bonchev–Trinajstić information content (AvgIpc) is 3.02. The number of ether oxygens (including phenoxy) is 1. The predicted octanol–water partition coefficient (Wildman–Crippen LogP) is 2.70. The summed E-state index contributed by atoms with van der Waals surface area (Å²) in [7, 11) is 0. The van der Waals surface area contributed by atoms with Crippen LogP contribution >= 0.6 is 24.8 Å². The number of nitrogens with two attached hydrogens (primary N) is 1. The van der Waals surface area contributed by atoms with E-state index in [9.17, 15) is 4.79 Å². The number of piperazine rings is 1. The molecular formula is C18H29Cl2N3O2.